The fourth-order valence-corrected chi connectivity index (χ4v) is 2.34. The SMILES string of the molecule is CC(C)(C)N[C@@H](CC1CCC1)C(=O)C(C)(C)C. The van der Waals surface area contributed by atoms with E-state index < -0.39 is 0 Å². The Bertz CT molecular complexity index is 266. The molecule has 17 heavy (non-hydrogen) atoms. The fourth-order valence-electron chi connectivity index (χ4n) is 2.34. The van der Waals surface area contributed by atoms with Crippen LogP contribution in [0, 0.1) is 11.3 Å². The van der Waals surface area contributed by atoms with Gasteiger partial charge in [0.05, 0.1) is 6.04 Å². The van der Waals surface area contributed by atoms with E-state index in [2.05, 4.69) is 26.1 Å². The maximum atomic E-state index is 12.5. The Morgan fingerprint density at radius 3 is 2.00 bits per heavy atom. The average molecular weight is 239 g/mol. The van der Waals surface area contributed by atoms with Crippen molar-refractivity contribution >= 4 is 5.78 Å². The first-order valence-corrected chi connectivity index (χ1v) is 6.91. The maximum absolute atomic E-state index is 12.5. The topological polar surface area (TPSA) is 29.1 Å². The second kappa shape index (κ2) is 5.09. The van der Waals surface area contributed by atoms with Crippen molar-refractivity contribution in [2.24, 2.45) is 11.3 Å². The summed E-state index contributed by atoms with van der Waals surface area (Å²) in [5.41, 5.74) is -0.234. The van der Waals surface area contributed by atoms with Crippen molar-refractivity contribution < 1.29 is 4.79 Å². The van der Waals surface area contributed by atoms with Gasteiger partial charge in [0.1, 0.15) is 0 Å². The van der Waals surface area contributed by atoms with E-state index in [1.807, 2.05) is 20.8 Å². The smallest absolute Gasteiger partial charge is 0.155 e. The van der Waals surface area contributed by atoms with E-state index in [1.165, 1.54) is 19.3 Å². The van der Waals surface area contributed by atoms with Crippen molar-refractivity contribution in [1.29, 1.82) is 0 Å². The Hall–Kier alpha value is -0.370. The number of rotatable bonds is 4. The third-order valence-corrected chi connectivity index (χ3v) is 3.46. The highest BCUT2D eigenvalue weighted by atomic mass is 16.1. The number of nitrogens with one attached hydrogen (secondary N) is 1. The van der Waals surface area contributed by atoms with E-state index in [1.54, 1.807) is 0 Å². The van der Waals surface area contributed by atoms with E-state index in [4.69, 9.17) is 0 Å². The Morgan fingerprint density at radius 2 is 1.71 bits per heavy atom. The molecule has 1 aliphatic rings. The molecule has 0 aromatic rings. The molecule has 100 valence electrons. The van der Waals surface area contributed by atoms with E-state index >= 15 is 0 Å². The lowest BCUT2D eigenvalue weighted by molar-refractivity contribution is -0.129. The molecule has 0 spiro atoms. The number of carbonyl (C=O) groups is 1. The molecule has 0 unspecified atom stereocenters. The van der Waals surface area contributed by atoms with Crippen LogP contribution in [0.4, 0.5) is 0 Å². The molecule has 0 radical (unpaired) electrons. The van der Waals surface area contributed by atoms with Crippen LogP contribution in [-0.2, 0) is 4.79 Å². The van der Waals surface area contributed by atoms with Gasteiger partial charge in [-0.3, -0.25) is 4.79 Å². The molecule has 1 rings (SSSR count). The molecule has 0 aromatic heterocycles. The first-order chi connectivity index (χ1) is 7.59. The molecule has 0 aliphatic heterocycles. The maximum Gasteiger partial charge on any atom is 0.155 e. The Balaban J connectivity index is 2.67. The lowest BCUT2D eigenvalue weighted by Crippen LogP contribution is -2.51. The molecule has 0 heterocycles. The van der Waals surface area contributed by atoms with Crippen molar-refractivity contribution in [3.63, 3.8) is 0 Å². The molecule has 1 fully saturated rings. The zero-order valence-corrected chi connectivity index (χ0v) is 12.4. The lowest BCUT2D eigenvalue weighted by Gasteiger charge is -2.36. The number of hydrogen-bond donors (Lipinski definition) is 1. The summed E-state index contributed by atoms with van der Waals surface area (Å²) in [6, 6.07) is 0.0281. The van der Waals surface area contributed by atoms with Gasteiger partial charge in [-0.05, 0) is 33.1 Å². The molecule has 0 bridgehead atoms. The van der Waals surface area contributed by atoms with Crippen molar-refractivity contribution in [3.8, 4) is 0 Å². The fraction of sp³-hybridized carbons (Fsp3) is 0.933. The van der Waals surface area contributed by atoms with E-state index in [-0.39, 0.29) is 17.0 Å². The third kappa shape index (κ3) is 4.79. The minimum Gasteiger partial charge on any atom is -0.303 e. The van der Waals surface area contributed by atoms with Gasteiger partial charge in [-0.2, -0.15) is 0 Å². The summed E-state index contributed by atoms with van der Waals surface area (Å²) >= 11 is 0. The summed E-state index contributed by atoms with van der Waals surface area (Å²) < 4.78 is 0. The van der Waals surface area contributed by atoms with Crippen molar-refractivity contribution in [2.45, 2.75) is 78.8 Å². The molecule has 2 heteroatoms. The summed E-state index contributed by atoms with van der Waals surface area (Å²) in [5.74, 6) is 1.13. The highest BCUT2D eigenvalue weighted by Crippen LogP contribution is 2.32. The molecule has 1 aliphatic carbocycles. The Kier molecular flexibility index (Phi) is 4.40. The van der Waals surface area contributed by atoms with Gasteiger partial charge in [0.2, 0.25) is 0 Å². The Morgan fingerprint density at radius 1 is 1.18 bits per heavy atom. The van der Waals surface area contributed by atoms with Gasteiger partial charge in [0.25, 0.3) is 0 Å². The molecule has 1 saturated carbocycles. The second-order valence-electron chi connectivity index (χ2n) is 7.59. The van der Waals surface area contributed by atoms with Crippen molar-refractivity contribution in [3.05, 3.63) is 0 Å². The molecule has 0 saturated heterocycles. The molecular weight excluding hydrogens is 210 g/mol. The van der Waals surface area contributed by atoms with E-state index in [9.17, 15) is 4.79 Å². The van der Waals surface area contributed by atoms with Crippen LogP contribution >= 0.6 is 0 Å². The van der Waals surface area contributed by atoms with E-state index in [0.29, 0.717) is 5.78 Å². The molecule has 1 N–H and O–H groups in total. The van der Waals surface area contributed by atoms with Crippen LogP contribution in [-0.4, -0.2) is 17.4 Å². The third-order valence-electron chi connectivity index (χ3n) is 3.46. The van der Waals surface area contributed by atoms with Gasteiger partial charge in [0, 0.05) is 11.0 Å². The van der Waals surface area contributed by atoms with Crippen LogP contribution in [0.25, 0.3) is 0 Å². The van der Waals surface area contributed by atoms with E-state index in [0.717, 1.165) is 12.3 Å². The molecule has 2 nitrogen and oxygen atoms in total. The van der Waals surface area contributed by atoms with Crippen LogP contribution in [0.2, 0.25) is 0 Å². The number of ketones is 1. The van der Waals surface area contributed by atoms with Gasteiger partial charge in [0.15, 0.2) is 5.78 Å². The quantitative estimate of drug-likeness (QED) is 0.813. The average Bonchev–Trinajstić information content (AvgIpc) is 2.04. The normalized spacial score (nSPS) is 19.9. The molecule has 1 atom stereocenters. The lowest BCUT2D eigenvalue weighted by atomic mass is 9.76. The highest BCUT2D eigenvalue weighted by molar-refractivity contribution is 5.88. The largest absolute Gasteiger partial charge is 0.303 e. The molecule has 0 aromatic carbocycles. The number of carbonyl (C=O) groups excluding carboxylic acids is 1. The van der Waals surface area contributed by atoms with Crippen molar-refractivity contribution in [2.75, 3.05) is 0 Å². The van der Waals surface area contributed by atoms with Gasteiger partial charge < -0.3 is 5.32 Å². The predicted molar refractivity (Wildman–Crippen MR) is 73.1 cm³/mol. The van der Waals surface area contributed by atoms with Gasteiger partial charge in [-0.1, -0.05) is 40.0 Å². The Labute approximate surface area is 107 Å². The van der Waals surface area contributed by atoms with Crippen LogP contribution < -0.4 is 5.32 Å². The van der Waals surface area contributed by atoms with Crippen LogP contribution in [0.3, 0.4) is 0 Å². The summed E-state index contributed by atoms with van der Waals surface area (Å²) in [6.07, 6.45) is 4.98. The van der Waals surface area contributed by atoms with Crippen LogP contribution in [0.1, 0.15) is 67.2 Å². The van der Waals surface area contributed by atoms with Crippen molar-refractivity contribution in [1.82, 2.24) is 5.32 Å². The van der Waals surface area contributed by atoms with Gasteiger partial charge in [-0.15, -0.1) is 0 Å². The zero-order valence-electron chi connectivity index (χ0n) is 12.4. The summed E-state index contributed by atoms with van der Waals surface area (Å²) in [6.45, 7) is 12.5. The minimum absolute atomic E-state index is 0.00925. The zero-order chi connectivity index (χ0) is 13.3. The van der Waals surface area contributed by atoms with Crippen LogP contribution in [0.15, 0.2) is 0 Å². The first kappa shape index (κ1) is 14.7. The monoisotopic (exact) mass is 239 g/mol. The van der Waals surface area contributed by atoms with Gasteiger partial charge in [-0.25, -0.2) is 0 Å². The number of Topliss-reactive ketones (excluding diaryl/α,β-unsaturated/α-hetero) is 1. The molecular formula is C15H29NO. The first-order valence-electron chi connectivity index (χ1n) is 6.91. The highest BCUT2D eigenvalue weighted by Gasteiger charge is 2.34. The summed E-state index contributed by atoms with van der Waals surface area (Å²) in [7, 11) is 0. The molecule has 0 amide bonds. The summed E-state index contributed by atoms with van der Waals surface area (Å²) in [5, 5.41) is 3.51. The summed E-state index contributed by atoms with van der Waals surface area (Å²) in [4.78, 5) is 12.5. The minimum atomic E-state index is -0.243. The second-order valence-corrected chi connectivity index (χ2v) is 7.59. The predicted octanol–water partition coefficient (Wildman–Crippen LogP) is 3.55. The van der Waals surface area contributed by atoms with Crippen LogP contribution in [0.5, 0.6) is 0 Å². The number of hydrogen-bond acceptors (Lipinski definition) is 2. The standard InChI is InChI=1S/C15H29NO/c1-14(2,3)13(17)12(16-15(4,5)6)10-11-8-7-9-11/h11-12,16H,7-10H2,1-6H3/t12-/m0/s1. The van der Waals surface area contributed by atoms with Gasteiger partial charge >= 0.3 is 0 Å².